The lowest BCUT2D eigenvalue weighted by molar-refractivity contribution is -0.111. The highest BCUT2D eigenvalue weighted by Crippen LogP contribution is 2.14. The summed E-state index contributed by atoms with van der Waals surface area (Å²) in [6.07, 6.45) is 1.25. The van der Waals surface area contributed by atoms with Crippen molar-refractivity contribution >= 4 is 19.7 Å². The molecule has 2 nitrogen and oxygen atoms in total. The van der Waals surface area contributed by atoms with Crippen LogP contribution in [-0.2, 0) is 4.79 Å². The Morgan fingerprint density at radius 2 is 2.00 bits per heavy atom. The van der Waals surface area contributed by atoms with Gasteiger partial charge < -0.3 is 5.32 Å². The summed E-state index contributed by atoms with van der Waals surface area (Å²) in [6, 6.07) is 7.54. The second-order valence-corrected chi connectivity index (χ2v) is 9.49. The minimum atomic E-state index is -1.41. The van der Waals surface area contributed by atoms with E-state index in [4.69, 9.17) is 0 Å². The molecule has 1 aromatic carbocycles. The van der Waals surface area contributed by atoms with Gasteiger partial charge in [0.15, 0.2) is 0 Å². The second kappa shape index (κ2) is 5.51. The van der Waals surface area contributed by atoms with E-state index in [9.17, 15) is 4.79 Å². The van der Waals surface area contributed by atoms with E-state index in [1.54, 1.807) is 0 Å². The predicted molar refractivity (Wildman–Crippen MR) is 75.5 cm³/mol. The standard InChI is InChI=1S/C14H17NOSi/c1-5-14(16)15-13-9-7-6-8-12(13)10-11-17(2,3)4/h5-9H,1H2,2-4H3,(H,15,16). The van der Waals surface area contributed by atoms with E-state index < -0.39 is 8.07 Å². The molecule has 0 heterocycles. The topological polar surface area (TPSA) is 29.1 Å². The van der Waals surface area contributed by atoms with Gasteiger partial charge in [-0.3, -0.25) is 4.79 Å². The summed E-state index contributed by atoms with van der Waals surface area (Å²) in [5, 5.41) is 2.75. The first kappa shape index (κ1) is 13.3. The summed E-state index contributed by atoms with van der Waals surface area (Å²) in [4.78, 5) is 11.3. The van der Waals surface area contributed by atoms with Gasteiger partial charge in [0.05, 0.1) is 5.69 Å². The zero-order chi connectivity index (χ0) is 12.9. The number of hydrogen-bond acceptors (Lipinski definition) is 1. The second-order valence-electron chi connectivity index (χ2n) is 4.74. The SMILES string of the molecule is C=CC(=O)Nc1ccccc1C#C[Si](C)(C)C. The Kier molecular flexibility index (Phi) is 4.30. The number of hydrogen-bond donors (Lipinski definition) is 1. The molecule has 0 saturated carbocycles. The van der Waals surface area contributed by atoms with Crippen LogP contribution < -0.4 is 5.32 Å². The van der Waals surface area contributed by atoms with Crippen LogP contribution in [0.3, 0.4) is 0 Å². The number of anilines is 1. The molecule has 17 heavy (non-hydrogen) atoms. The van der Waals surface area contributed by atoms with E-state index in [2.05, 4.69) is 43.0 Å². The number of rotatable bonds is 2. The molecule has 0 radical (unpaired) electrons. The minimum absolute atomic E-state index is 0.216. The predicted octanol–water partition coefficient (Wildman–Crippen LogP) is 3.04. The molecule has 0 saturated heterocycles. The highest BCUT2D eigenvalue weighted by atomic mass is 28.3. The molecule has 0 aliphatic rings. The van der Waals surface area contributed by atoms with Crippen LogP contribution in [0.25, 0.3) is 0 Å². The van der Waals surface area contributed by atoms with Gasteiger partial charge in [-0.2, -0.15) is 0 Å². The van der Waals surface area contributed by atoms with Crippen LogP contribution in [0, 0.1) is 11.5 Å². The van der Waals surface area contributed by atoms with Crippen LogP contribution in [0.15, 0.2) is 36.9 Å². The zero-order valence-electron chi connectivity index (χ0n) is 10.5. The van der Waals surface area contributed by atoms with Gasteiger partial charge in [-0.25, -0.2) is 0 Å². The summed E-state index contributed by atoms with van der Waals surface area (Å²) >= 11 is 0. The molecular weight excluding hydrogens is 226 g/mol. The lowest BCUT2D eigenvalue weighted by Crippen LogP contribution is -2.16. The van der Waals surface area contributed by atoms with Gasteiger partial charge in [0, 0.05) is 5.56 Å². The van der Waals surface area contributed by atoms with Crippen LogP contribution in [0.4, 0.5) is 5.69 Å². The van der Waals surface area contributed by atoms with Gasteiger partial charge in [-0.1, -0.05) is 44.3 Å². The summed E-state index contributed by atoms with van der Waals surface area (Å²) in [7, 11) is -1.41. The molecule has 0 aromatic heterocycles. The Morgan fingerprint density at radius 3 is 2.59 bits per heavy atom. The average molecular weight is 243 g/mol. The van der Waals surface area contributed by atoms with Crippen molar-refractivity contribution in [2.45, 2.75) is 19.6 Å². The molecule has 0 atom stereocenters. The quantitative estimate of drug-likeness (QED) is 0.483. The highest BCUT2D eigenvalue weighted by Gasteiger charge is 2.08. The van der Waals surface area contributed by atoms with E-state index in [-0.39, 0.29) is 5.91 Å². The van der Waals surface area contributed by atoms with Crippen molar-refractivity contribution in [1.82, 2.24) is 0 Å². The lowest BCUT2D eigenvalue weighted by atomic mass is 10.2. The summed E-state index contributed by atoms with van der Waals surface area (Å²) < 4.78 is 0. The van der Waals surface area contributed by atoms with Crippen LogP contribution in [-0.4, -0.2) is 14.0 Å². The fourth-order valence-electron chi connectivity index (χ4n) is 1.14. The third kappa shape index (κ3) is 4.71. The fraction of sp³-hybridized carbons (Fsp3) is 0.214. The summed E-state index contributed by atoms with van der Waals surface area (Å²) in [5.74, 6) is 2.93. The zero-order valence-corrected chi connectivity index (χ0v) is 11.5. The Morgan fingerprint density at radius 1 is 1.35 bits per heavy atom. The molecule has 1 aromatic rings. The van der Waals surface area contributed by atoms with Crippen molar-refractivity contribution in [1.29, 1.82) is 0 Å². The number of benzene rings is 1. The maximum Gasteiger partial charge on any atom is 0.247 e. The molecular formula is C14H17NOSi. The van der Waals surface area contributed by atoms with Gasteiger partial charge in [-0.05, 0) is 18.2 Å². The third-order valence-electron chi connectivity index (χ3n) is 1.94. The number of amides is 1. The number of nitrogens with one attached hydrogen (secondary N) is 1. The van der Waals surface area contributed by atoms with Gasteiger partial charge in [0.2, 0.25) is 5.91 Å². The maximum atomic E-state index is 11.3. The minimum Gasteiger partial charge on any atom is -0.321 e. The van der Waals surface area contributed by atoms with E-state index in [0.29, 0.717) is 0 Å². The van der Waals surface area contributed by atoms with E-state index in [0.717, 1.165) is 11.3 Å². The first-order valence-corrected chi connectivity index (χ1v) is 8.98. The number of carbonyl (C=O) groups is 1. The van der Waals surface area contributed by atoms with E-state index in [1.807, 2.05) is 24.3 Å². The van der Waals surface area contributed by atoms with Gasteiger partial charge >= 0.3 is 0 Å². The van der Waals surface area contributed by atoms with Gasteiger partial charge in [0.1, 0.15) is 8.07 Å². The monoisotopic (exact) mass is 243 g/mol. The number of para-hydroxylation sites is 1. The van der Waals surface area contributed by atoms with Gasteiger partial charge in [-0.15, -0.1) is 5.54 Å². The van der Waals surface area contributed by atoms with Crippen molar-refractivity contribution < 1.29 is 4.79 Å². The molecule has 1 rings (SSSR count). The van der Waals surface area contributed by atoms with Gasteiger partial charge in [0.25, 0.3) is 0 Å². The summed E-state index contributed by atoms with van der Waals surface area (Å²) in [5.41, 5.74) is 4.87. The van der Waals surface area contributed by atoms with Crippen LogP contribution >= 0.6 is 0 Å². The Hall–Kier alpha value is -1.79. The van der Waals surface area contributed by atoms with E-state index in [1.165, 1.54) is 6.08 Å². The Labute approximate surface area is 104 Å². The van der Waals surface area contributed by atoms with Crippen molar-refractivity contribution in [2.24, 2.45) is 0 Å². The van der Waals surface area contributed by atoms with Crippen molar-refractivity contribution in [2.75, 3.05) is 5.32 Å². The molecule has 0 unspecified atom stereocenters. The molecule has 0 spiro atoms. The molecule has 3 heteroatoms. The molecule has 1 N–H and O–H groups in total. The molecule has 0 aliphatic carbocycles. The lowest BCUT2D eigenvalue weighted by Gasteiger charge is -2.06. The smallest absolute Gasteiger partial charge is 0.247 e. The highest BCUT2D eigenvalue weighted by molar-refractivity contribution is 6.83. The van der Waals surface area contributed by atoms with Crippen molar-refractivity contribution in [3.8, 4) is 11.5 Å². The van der Waals surface area contributed by atoms with Crippen LogP contribution in [0.1, 0.15) is 5.56 Å². The Balaban J connectivity index is 3.03. The van der Waals surface area contributed by atoms with Crippen molar-refractivity contribution in [3.05, 3.63) is 42.5 Å². The van der Waals surface area contributed by atoms with Crippen molar-refractivity contribution in [3.63, 3.8) is 0 Å². The third-order valence-corrected chi connectivity index (χ3v) is 2.82. The summed E-state index contributed by atoms with van der Waals surface area (Å²) in [6.45, 7) is 9.99. The number of carbonyl (C=O) groups excluding carboxylic acids is 1. The van der Waals surface area contributed by atoms with E-state index >= 15 is 0 Å². The molecule has 1 amide bonds. The fourth-order valence-corrected chi connectivity index (χ4v) is 1.65. The maximum absolute atomic E-state index is 11.3. The first-order chi connectivity index (χ1) is 7.92. The molecule has 88 valence electrons. The molecule has 0 fully saturated rings. The Bertz CT molecular complexity index is 489. The molecule has 0 aliphatic heterocycles. The average Bonchev–Trinajstić information content (AvgIpc) is 2.26. The normalized spacial score (nSPS) is 10.1. The van der Waals surface area contributed by atoms with Crippen LogP contribution in [0.2, 0.25) is 19.6 Å². The first-order valence-electron chi connectivity index (χ1n) is 5.48. The van der Waals surface area contributed by atoms with Crippen LogP contribution in [0.5, 0.6) is 0 Å². The largest absolute Gasteiger partial charge is 0.321 e. The molecule has 0 bridgehead atoms.